The van der Waals surface area contributed by atoms with Gasteiger partial charge in [-0.2, -0.15) is 5.26 Å². The molecule has 0 aliphatic carbocycles. The zero-order valence-electron chi connectivity index (χ0n) is 9.42. The molecule has 3 N–H and O–H groups in total. The third kappa shape index (κ3) is 2.44. The lowest BCUT2D eigenvalue weighted by atomic mass is 10.2. The average Bonchev–Trinajstić information content (AvgIpc) is 2.39. The molecule has 2 aromatic rings. The summed E-state index contributed by atoms with van der Waals surface area (Å²) in [6.45, 7) is 0. The van der Waals surface area contributed by atoms with E-state index in [4.69, 9.17) is 11.0 Å². The van der Waals surface area contributed by atoms with Crippen molar-refractivity contribution in [2.24, 2.45) is 0 Å². The number of hydrogen-bond donors (Lipinski definition) is 2. The van der Waals surface area contributed by atoms with Crippen molar-refractivity contribution < 1.29 is 4.79 Å². The van der Waals surface area contributed by atoms with Gasteiger partial charge in [-0.05, 0) is 24.3 Å². The minimum absolute atomic E-state index is 0.211. The molecule has 0 atom stereocenters. The zero-order valence-corrected chi connectivity index (χ0v) is 9.42. The smallest absolute Gasteiger partial charge is 0.274 e. The van der Waals surface area contributed by atoms with E-state index in [1.165, 1.54) is 12.3 Å². The third-order valence-corrected chi connectivity index (χ3v) is 2.31. The molecule has 0 radical (unpaired) electrons. The number of carbonyl (C=O) groups excluding carboxylic acids is 1. The lowest BCUT2D eigenvalue weighted by molar-refractivity contribution is 0.102. The maximum Gasteiger partial charge on any atom is 0.274 e. The number of nitrogens with two attached hydrogens (primary N) is 1. The molecule has 0 unspecified atom stereocenters. The normalized spacial score (nSPS) is 9.50. The van der Waals surface area contributed by atoms with Crippen LogP contribution in [0.25, 0.3) is 0 Å². The summed E-state index contributed by atoms with van der Waals surface area (Å²) in [5.41, 5.74) is 7.10. The molecule has 5 nitrogen and oxygen atoms in total. The summed E-state index contributed by atoms with van der Waals surface area (Å²) in [5, 5.41) is 11.5. The number of amides is 1. The van der Waals surface area contributed by atoms with E-state index >= 15 is 0 Å². The quantitative estimate of drug-likeness (QED) is 0.834. The summed E-state index contributed by atoms with van der Waals surface area (Å²) in [7, 11) is 0. The minimum Gasteiger partial charge on any atom is -0.399 e. The van der Waals surface area contributed by atoms with Gasteiger partial charge in [-0.25, -0.2) is 0 Å². The van der Waals surface area contributed by atoms with Gasteiger partial charge in [0.1, 0.15) is 11.8 Å². The number of nitrogens with zero attached hydrogens (tertiary/aromatic N) is 2. The number of carbonyl (C=O) groups is 1. The first-order chi connectivity index (χ1) is 8.70. The number of nitriles is 1. The second-order valence-electron chi connectivity index (χ2n) is 3.59. The molecular formula is C13H10N4O. The molecule has 0 fully saturated rings. The summed E-state index contributed by atoms with van der Waals surface area (Å²) < 4.78 is 0. The Morgan fingerprint density at radius 1 is 1.33 bits per heavy atom. The molecule has 0 spiro atoms. The summed E-state index contributed by atoms with van der Waals surface area (Å²) in [6.07, 6.45) is 1.46. The number of anilines is 2. The molecule has 5 heteroatoms. The second kappa shape index (κ2) is 4.97. The molecule has 0 aliphatic heterocycles. The highest BCUT2D eigenvalue weighted by Gasteiger charge is 2.09. The number of para-hydroxylation sites is 1. The summed E-state index contributed by atoms with van der Waals surface area (Å²) in [4.78, 5) is 15.8. The number of nitrogen functional groups attached to an aromatic ring is 1. The Hall–Kier alpha value is -2.87. The van der Waals surface area contributed by atoms with Gasteiger partial charge in [-0.15, -0.1) is 0 Å². The van der Waals surface area contributed by atoms with Crippen LogP contribution in [0.5, 0.6) is 0 Å². The average molecular weight is 238 g/mol. The molecule has 0 aliphatic rings. The standard InChI is InChI=1S/C13H10N4O/c14-8-9-3-1-2-4-11(9)17-13(18)12-7-10(15)5-6-16-12/h1-7H,(H2,15,16)(H,17,18). The fraction of sp³-hybridized carbons (Fsp3) is 0. The maximum absolute atomic E-state index is 11.9. The van der Waals surface area contributed by atoms with Gasteiger partial charge in [-0.1, -0.05) is 12.1 Å². The van der Waals surface area contributed by atoms with Crippen molar-refractivity contribution in [1.82, 2.24) is 4.98 Å². The molecular weight excluding hydrogens is 228 g/mol. The molecule has 18 heavy (non-hydrogen) atoms. The van der Waals surface area contributed by atoms with Crippen molar-refractivity contribution in [2.75, 3.05) is 11.1 Å². The van der Waals surface area contributed by atoms with Gasteiger partial charge in [0.05, 0.1) is 11.3 Å². The van der Waals surface area contributed by atoms with Gasteiger partial charge in [0.25, 0.3) is 5.91 Å². The van der Waals surface area contributed by atoms with Crippen LogP contribution in [0.1, 0.15) is 16.1 Å². The number of aromatic nitrogens is 1. The lowest BCUT2D eigenvalue weighted by Crippen LogP contribution is -2.14. The van der Waals surface area contributed by atoms with E-state index < -0.39 is 5.91 Å². The van der Waals surface area contributed by atoms with Crippen LogP contribution in [0.2, 0.25) is 0 Å². The van der Waals surface area contributed by atoms with Crippen LogP contribution in [0.4, 0.5) is 11.4 Å². The van der Waals surface area contributed by atoms with Gasteiger partial charge < -0.3 is 11.1 Å². The molecule has 0 saturated heterocycles. The van der Waals surface area contributed by atoms with E-state index in [-0.39, 0.29) is 5.69 Å². The summed E-state index contributed by atoms with van der Waals surface area (Å²) in [6, 6.07) is 11.8. The highest BCUT2D eigenvalue weighted by molar-refractivity contribution is 6.03. The third-order valence-electron chi connectivity index (χ3n) is 2.31. The zero-order chi connectivity index (χ0) is 13.0. The van der Waals surface area contributed by atoms with E-state index in [1.54, 1.807) is 30.3 Å². The Labute approximate surface area is 104 Å². The van der Waals surface area contributed by atoms with Crippen molar-refractivity contribution in [3.63, 3.8) is 0 Å². The summed E-state index contributed by atoms with van der Waals surface area (Å²) in [5.74, 6) is -0.398. The summed E-state index contributed by atoms with van der Waals surface area (Å²) >= 11 is 0. The first-order valence-corrected chi connectivity index (χ1v) is 5.22. The van der Waals surface area contributed by atoms with Crippen LogP contribution in [0.3, 0.4) is 0 Å². The lowest BCUT2D eigenvalue weighted by Gasteiger charge is -2.06. The van der Waals surface area contributed by atoms with Gasteiger partial charge >= 0.3 is 0 Å². The van der Waals surface area contributed by atoms with Crippen LogP contribution in [0.15, 0.2) is 42.6 Å². The molecule has 88 valence electrons. The van der Waals surface area contributed by atoms with Crippen molar-refractivity contribution in [2.45, 2.75) is 0 Å². The largest absolute Gasteiger partial charge is 0.399 e. The van der Waals surface area contributed by atoms with Gasteiger partial charge in [-0.3, -0.25) is 9.78 Å². The fourth-order valence-corrected chi connectivity index (χ4v) is 1.45. The SMILES string of the molecule is N#Cc1ccccc1NC(=O)c1cc(N)ccn1. The Morgan fingerprint density at radius 2 is 2.11 bits per heavy atom. The number of nitrogens with one attached hydrogen (secondary N) is 1. The fourth-order valence-electron chi connectivity index (χ4n) is 1.45. The van der Waals surface area contributed by atoms with Crippen LogP contribution in [-0.2, 0) is 0 Å². The molecule has 1 aromatic heterocycles. The Balaban J connectivity index is 2.25. The minimum atomic E-state index is -0.398. The molecule has 2 rings (SSSR count). The molecule has 1 amide bonds. The van der Waals surface area contributed by atoms with E-state index in [0.29, 0.717) is 16.9 Å². The van der Waals surface area contributed by atoms with Gasteiger partial charge in [0.15, 0.2) is 0 Å². The molecule has 1 aromatic carbocycles. The predicted molar refractivity (Wildman–Crippen MR) is 67.8 cm³/mol. The predicted octanol–water partition coefficient (Wildman–Crippen LogP) is 1.79. The van der Waals surface area contributed by atoms with Crippen molar-refractivity contribution in [3.05, 3.63) is 53.9 Å². The number of rotatable bonds is 2. The molecule has 0 saturated carbocycles. The number of pyridine rings is 1. The van der Waals surface area contributed by atoms with E-state index in [1.807, 2.05) is 6.07 Å². The number of benzene rings is 1. The Bertz CT molecular complexity index is 631. The van der Waals surface area contributed by atoms with Crippen molar-refractivity contribution in [1.29, 1.82) is 5.26 Å². The first-order valence-electron chi connectivity index (χ1n) is 5.22. The Kier molecular flexibility index (Phi) is 3.21. The van der Waals surface area contributed by atoms with Crippen LogP contribution in [0, 0.1) is 11.3 Å². The van der Waals surface area contributed by atoms with Crippen LogP contribution in [-0.4, -0.2) is 10.9 Å². The maximum atomic E-state index is 11.9. The van der Waals surface area contributed by atoms with E-state index in [0.717, 1.165) is 0 Å². The van der Waals surface area contributed by atoms with E-state index in [2.05, 4.69) is 10.3 Å². The topological polar surface area (TPSA) is 91.8 Å². The van der Waals surface area contributed by atoms with Gasteiger partial charge in [0.2, 0.25) is 0 Å². The molecule has 1 heterocycles. The van der Waals surface area contributed by atoms with Crippen molar-refractivity contribution in [3.8, 4) is 6.07 Å². The monoisotopic (exact) mass is 238 g/mol. The van der Waals surface area contributed by atoms with Crippen molar-refractivity contribution >= 4 is 17.3 Å². The van der Waals surface area contributed by atoms with E-state index in [9.17, 15) is 4.79 Å². The highest BCUT2D eigenvalue weighted by atomic mass is 16.1. The second-order valence-corrected chi connectivity index (χ2v) is 3.59. The Morgan fingerprint density at radius 3 is 2.83 bits per heavy atom. The first kappa shape index (κ1) is 11.6. The molecule has 0 bridgehead atoms. The highest BCUT2D eigenvalue weighted by Crippen LogP contribution is 2.14. The van der Waals surface area contributed by atoms with Crippen LogP contribution >= 0.6 is 0 Å². The van der Waals surface area contributed by atoms with Crippen LogP contribution < -0.4 is 11.1 Å². The van der Waals surface area contributed by atoms with Gasteiger partial charge in [0, 0.05) is 11.9 Å². The number of hydrogen-bond acceptors (Lipinski definition) is 4.